The Morgan fingerprint density at radius 1 is 1.24 bits per heavy atom. The lowest BCUT2D eigenvalue weighted by molar-refractivity contribution is 0.700. The number of nitrogens with zero attached hydrogens (tertiary/aromatic N) is 1. The molecule has 1 aromatic carbocycles. The monoisotopic (exact) mass is 231 g/mol. The molecule has 0 saturated heterocycles. The highest BCUT2D eigenvalue weighted by molar-refractivity contribution is 5.80. The van der Waals surface area contributed by atoms with Gasteiger partial charge in [-0.15, -0.1) is 0 Å². The molecular formula is C14H21N3. The second-order valence-electron chi connectivity index (χ2n) is 4.36. The number of rotatable bonds is 4. The molecule has 3 nitrogen and oxygen atoms in total. The molecule has 0 fully saturated rings. The summed E-state index contributed by atoms with van der Waals surface area (Å²) in [5.74, 6) is 0.960. The van der Waals surface area contributed by atoms with Gasteiger partial charge in [-0.05, 0) is 30.4 Å². The SMILES string of the molecule is CCc1ccc(CCNC2=NCCCN2)cc1. The number of hydrogen-bond donors (Lipinski definition) is 2. The van der Waals surface area contributed by atoms with Gasteiger partial charge in [-0.3, -0.25) is 4.99 Å². The zero-order valence-corrected chi connectivity index (χ0v) is 10.5. The van der Waals surface area contributed by atoms with E-state index in [9.17, 15) is 0 Å². The zero-order chi connectivity index (χ0) is 11.9. The van der Waals surface area contributed by atoms with Crippen LogP contribution in [-0.2, 0) is 12.8 Å². The number of aryl methyl sites for hydroxylation is 1. The highest BCUT2D eigenvalue weighted by Gasteiger charge is 2.02. The van der Waals surface area contributed by atoms with Gasteiger partial charge in [-0.1, -0.05) is 31.2 Å². The molecule has 17 heavy (non-hydrogen) atoms. The first kappa shape index (κ1) is 12.0. The first-order valence-electron chi connectivity index (χ1n) is 6.48. The molecule has 1 aliphatic rings. The van der Waals surface area contributed by atoms with Crippen molar-refractivity contribution in [3.05, 3.63) is 35.4 Å². The lowest BCUT2D eigenvalue weighted by Gasteiger charge is -2.15. The molecule has 2 rings (SSSR count). The van der Waals surface area contributed by atoms with Crippen LogP contribution in [0.25, 0.3) is 0 Å². The quantitative estimate of drug-likeness (QED) is 0.828. The maximum atomic E-state index is 4.38. The van der Waals surface area contributed by atoms with Crippen LogP contribution >= 0.6 is 0 Å². The van der Waals surface area contributed by atoms with Crippen LogP contribution in [0, 0.1) is 0 Å². The van der Waals surface area contributed by atoms with Crippen LogP contribution in [0.2, 0.25) is 0 Å². The minimum absolute atomic E-state index is 0.942. The van der Waals surface area contributed by atoms with Crippen LogP contribution < -0.4 is 10.6 Å². The van der Waals surface area contributed by atoms with E-state index >= 15 is 0 Å². The molecule has 2 N–H and O–H groups in total. The van der Waals surface area contributed by atoms with Crippen molar-refractivity contribution in [1.29, 1.82) is 0 Å². The smallest absolute Gasteiger partial charge is 0.191 e. The predicted octanol–water partition coefficient (Wildman–Crippen LogP) is 1.73. The second-order valence-corrected chi connectivity index (χ2v) is 4.36. The average molecular weight is 231 g/mol. The van der Waals surface area contributed by atoms with E-state index in [1.807, 2.05) is 0 Å². The van der Waals surface area contributed by atoms with Gasteiger partial charge in [0.25, 0.3) is 0 Å². The van der Waals surface area contributed by atoms with E-state index in [0.717, 1.165) is 44.9 Å². The highest BCUT2D eigenvalue weighted by atomic mass is 15.2. The summed E-state index contributed by atoms with van der Waals surface area (Å²) in [7, 11) is 0. The molecule has 0 spiro atoms. The van der Waals surface area contributed by atoms with Crippen LogP contribution in [0.4, 0.5) is 0 Å². The van der Waals surface area contributed by atoms with Crippen molar-refractivity contribution in [2.24, 2.45) is 4.99 Å². The number of benzene rings is 1. The summed E-state index contributed by atoms with van der Waals surface area (Å²) in [6, 6.07) is 8.87. The first-order chi connectivity index (χ1) is 8.38. The Hall–Kier alpha value is -1.51. The molecule has 1 aromatic rings. The van der Waals surface area contributed by atoms with Gasteiger partial charge in [-0.2, -0.15) is 0 Å². The fraction of sp³-hybridized carbons (Fsp3) is 0.500. The molecule has 0 amide bonds. The van der Waals surface area contributed by atoms with Gasteiger partial charge in [0.2, 0.25) is 0 Å². The minimum Gasteiger partial charge on any atom is -0.356 e. The highest BCUT2D eigenvalue weighted by Crippen LogP contribution is 2.05. The maximum absolute atomic E-state index is 4.38. The van der Waals surface area contributed by atoms with Crippen molar-refractivity contribution < 1.29 is 0 Å². The van der Waals surface area contributed by atoms with Crippen molar-refractivity contribution in [2.75, 3.05) is 19.6 Å². The molecule has 1 aliphatic heterocycles. The Morgan fingerprint density at radius 3 is 2.65 bits per heavy atom. The Morgan fingerprint density at radius 2 is 2.00 bits per heavy atom. The summed E-state index contributed by atoms with van der Waals surface area (Å²) < 4.78 is 0. The molecule has 0 aromatic heterocycles. The van der Waals surface area contributed by atoms with Crippen LogP contribution in [0.3, 0.4) is 0 Å². The molecule has 92 valence electrons. The fourth-order valence-electron chi connectivity index (χ4n) is 1.92. The van der Waals surface area contributed by atoms with E-state index in [-0.39, 0.29) is 0 Å². The summed E-state index contributed by atoms with van der Waals surface area (Å²) in [4.78, 5) is 4.38. The van der Waals surface area contributed by atoms with Crippen molar-refractivity contribution in [3.63, 3.8) is 0 Å². The Kier molecular flexibility index (Phi) is 4.42. The standard InChI is InChI=1S/C14H21N3/c1-2-12-4-6-13(7-5-12)8-11-17-14-15-9-3-10-16-14/h4-7H,2-3,8-11H2,1H3,(H2,15,16,17). The van der Waals surface area contributed by atoms with Crippen molar-refractivity contribution >= 4 is 5.96 Å². The number of hydrogen-bond acceptors (Lipinski definition) is 3. The third kappa shape index (κ3) is 3.77. The third-order valence-corrected chi connectivity index (χ3v) is 3.03. The largest absolute Gasteiger partial charge is 0.356 e. The lowest BCUT2D eigenvalue weighted by Crippen LogP contribution is -2.41. The van der Waals surface area contributed by atoms with Crippen LogP contribution in [0.1, 0.15) is 24.5 Å². The van der Waals surface area contributed by atoms with Crippen molar-refractivity contribution in [2.45, 2.75) is 26.2 Å². The molecular weight excluding hydrogens is 210 g/mol. The molecule has 0 radical (unpaired) electrons. The summed E-state index contributed by atoms with van der Waals surface area (Å²) in [6.07, 6.45) is 3.30. The fourth-order valence-corrected chi connectivity index (χ4v) is 1.92. The number of aliphatic imine (C=N–C) groups is 1. The summed E-state index contributed by atoms with van der Waals surface area (Å²) >= 11 is 0. The van der Waals surface area contributed by atoms with Crippen LogP contribution in [0.15, 0.2) is 29.3 Å². The average Bonchev–Trinajstić information content (AvgIpc) is 2.41. The second kappa shape index (κ2) is 6.28. The summed E-state index contributed by atoms with van der Waals surface area (Å²) in [6.45, 7) is 5.11. The minimum atomic E-state index is 0.942. The normalized spacial score (nSPS) is 15.0. The van der Waals surface area contributed by atoms with Gasteiger partial charge in [0.1, 0.15) is 0 Å². The first-order valence-corrected chi connectivity index (χ1v) is 6.48. The Bertz CT molecular complexity index is 368. The van der Waals surface area contributed by atoms with Crippen molar-refractivity contribution in [3.8, 4) is 0 Å². The van der Waals surface area contributed by atoms with Crippen LogP contribution in [-0.4, -0.2) is 25.6 Å². The summed E-state index contributed by atoms with van der Waals surface area (Å²) in [5, 5.41) is 6.60. The molecule has 3 heteroatoms. The van der Waals surface area contributed by atoms with E-state index in [2.05, 4.69) is 46.8 Å². The number of nitrogens with one attached hydrogen (secondary N) is 2. The summed E-state index contributed by atoms with van der Waals surface area (Å²) in [5.41, 5.74) is 2.78. The van der Waals surface area contributed by atoms with Gasteiger partial charge in [-0.25, -0.2) is 0 Å². The van der Waals surface area contributed by atoms with Gasteiger partial charge in [0.05, 0.1) is 0 Å². The number of guanidine groups is 1. The lowest BCUT2D eigenvalue weighted by atomic mass is 10.1. The molecule has 0 saturated carbocycles. The van der Waals surface area contributed by atoms with Crippen LogP contribution in [0.5, 0.6) is 0 Å². The van der Waals surface area contributed by atoms with E-state index in [4.69, 9.17) is 0 Å². The van der Waals surface area contributed by atoms with Gasteiger partial charge >= 0.3 is 0 Å². The van der Waals surface area contributed by atoms with E-state index < -0.39 is 0 Å². The molecule has 1 heterocycles. The predicted molar refractivity (Wildman–Crippen MR) is 72.4 cm³/mol. The Balaban J connectivity index is 1.75. The molecule has 0 unspecified atom stereocenters. The molecule has 0 atom stereocenters. The molecule has 0 bridgehead atoms. The van der Waals surface area contributed by atoms with Gasteiger partial charge < -0.3 is 10.6 Å². The maximum Gasteiger partial charge on any atom is 0.191 e. The van der Waals surface area contributed by atoms with Crippen molar-refractivity contribution in [1.82, 2.24) is 10.6 Å². The van der Waals surface area contributed by atoms with E-state index in [0.29, 0.717) is 0 Å². The zero-order valence-electron chi connectivity index (χ0n) is 10.5. The van der Waals surface area contributed by atoms with Gasteiger partial charge in [0.15, 0.2) is 5.96 Å². The third-order valence-electron chi connectivity index (χ3n) is 3.03. The van der Waals surface area contributed by atoms with Gasteiger partial charge in [0, 0.05) is 19.6 Å². The Labute approximate surface area is 103 Å². The molecule has 0 aliphatic carbocycles. The van der Waals surface area contributed by atoms with E-state index in [1.165, 1.54) is 11.1 Å². The van der Waals surface area contributed by atoms with E-state index in [1.54, 1.807) is 0 Å². The topological polar surface area (TPSA) is 36.4 Å².